The summed E-state index contributed by atoms with van der Waals surface area (Å²) in [6, 6.07) is 9.33. The first-order chi connectivity index (χ1) is 10.3. The lowest BCUT2D eigenvalue weighted by Crippen LogP contribution is -2.22. The van der Waals surface area contributed by atoms with Crippen molar-refractivity contribution in [3.05, 3.63) is 46.3 Å². The zero-order valence-electron chi connectivity index (χ0n) is 16.3. The predicted octanol–water partition coefficient (Wildman–Crippen LogP) is 7.31. The van der Waals surface area contributed by atoms with Gasteiger partial charge < -0.3 is 0 Å². The van der Waals surface area contributed by atoms with Crippen molar-refractivity contribution in [1.29, 1.82) is 0 Å². The molecule has 0 radical (unpaired) electrons. The summed E-state index contributed by atoms with van der Waals surface area (Å²) >= 11 is 1.85. The molecule has 126 valence electrons. The van der Waals surface area contributed by atoms with E-state index in [-0.39, 0.29) is 16.2 Å². The molecule has 1 aromatic carbocycles. The fraction of sp³-hybridized carbons (Fsp3) is 0.545. The first-order valence-corrected chi connectivity index (χ1v) is 9.43. The van der Waals surface area contributed by atoms with E-state index in [1.807, 2.05) is 11.3 Å². The van der Waals surface area contributed by atoms with Crippen molar-refractivity contribution < 1.29 is 0 Å². The van der Waals surface area contributed by atoms with Gasteiger partial charge in [0.2, 0.25) is 0 Å². The molecule has 0 nitrogen and oxygen atoms in total. The molecule has 0 saturated carbocycles. The molecule has 0 amide bonds. The smallest absolute Gasteiger partial charge is 0.0348 e. The van der Waals surface area contributed by atoms with Crippen LogP contribution in [0.25, 0.3) is 10.4 Å². The molecule has 2 aromatic rings. The lowest BCUT2D eigenvalue weighted by Gasteiger charge is -2.33. The standard InChI is InChI=1S/C22H32S/c1-20(2,3)15-13-16(21(4,5)6)19(18-11-10-12-23-18)17(14-15)22(7,8)9/h10-14H,1-9H3. The summed E-state index contributed by atoms with van der Waals surface area (Å²) < 4.78 is 0. The monoisotopic (exact) mass is 328 g/mol. The fourth-order valence-electron chi connectivity index (χ4n) is 2.94. The molecule has 0 fully saturated rings. The highest BCUT2D eigenvalue weighted by atomic mass is 32.1. The van der Waals surface area contributed by atoms with Crippen molar-refractivity contribution in [2.75, 3.05) is 0 Å². The van der Waals surface area contributed by atoms with Gasteiger partial charge in [-0.2, -0.15) is 0 Å². The van der Waals surface area contributed by atoms with Crippen LogP contribution in [0.5, 0.6) is 0 Å². The van der Waals surface area contributed by atoms with Crippen molar-refractivity contribution in [2.45, 2.75) is 78.6 Å². The van der Waals surface area contributed by atoms with Gasteiger partial charge in [0.1, 0.15) is 0 Å². The number of hydrogen-bond acceptors (Lipinski definition) is 1. The second-order valence-electron chi connectivity index (χ2n) is 9.67. The third-order valence-electron chi connectivity index (χ3n) is 4.39. The summed E-state index contributed by atoms with van der Waals surface area (Å²) in [6.45, 7) is 20.9. The Morgan fingerprint density at radius 1 is 0.696 bits per heavy atom. The molecular weight excluding hydrogens is 296 g/mol. The van der Waals surface area contributed by atoms with Crippen LogP contribution in [-0.2, 0) is 16.2 Å². The molecule has 0 atom stereocenters. The van der Waals surface area contributed by atoms with Gasteiger partial charge in [0, 0.05) is 4.88 Å². The van der Waals surface area contributed by atoms with Gasteiger partial charge in [-0.05, 0) is 49.9 Å². The first kappa shape index (κ1) is 18.3. The molecule has 0 unspecified atom stereocenters. The summed E-state index contributed by atoms with van der Waals surface area (Å²) in [4.78, 5) is 1.39. The molecule has 0 aliphatic rings. The Morgan fingerprint density at radius 2 is 1.17 bits per heavy atom. The van der Waals surface area contributed by atoms with Crippen LogP contribution in [0, 0.1) is 0 Å². The van der Waals surface area contributed by atoms with Crippen LogP contribution in [0.1, 0.15) is 79.0 Å². The highest BCUT2D eigenvalue weighted by molar-refractivity contribution is 7.13. The van der Waals surface area contributed by atoms with E-state index in [9.17, 15) is 0 Å². The summed E-state index contributed by atoms with van der Waals surface area (Å²) in [5.41, 5.74) is 6.24. The number of thiophene rings is 1. The largest absolute Gasteiger partial charge is 0.144 e. The Kier molecular flexibility index (Phi) is 4.58. The van der Waals surface area contributed by atoms with Gasteiger partial charge in [0.05, 0.1) is 0 Å². The Bertz CT molecular complexity index is 633. The van der Waals surface area contributed by atoms with Crippen LogP contribution < -0.4 is 0 Å². The topological polar surface area (TPSA) is 0 Å². The molecule has 0 aliphatic heterocycles. The lowest BCUT2D eigenvalue weighted by atomic mass is 9.72. The molecule has 0 spiro atoms. The van der Waals surface area contributed by atoms with Gasteiger partial charge in [0.15, 0.2) is 0 Å². The average molecular weight is 329 g/mol. The number of benzene rings is 1. The summed E-state index contributed by atoms with van der Waals surface area (Å²) in [7, 11) is 0. The number of hydrogen-bond donors (Lipinski definition) is 0. The van der Waals surface area contributed by atoms with Gasteiger partial charge in [-0.3, -0.25) is 0 Å². The molecule has 0 saturated heterocycles. The van der Waals surface area contributed by atoms with E-state index >= 15 is 0 Å². The maximum Gasteiger partial charge on any atom is 0.0348 e. The number of rotatable bonds is 1. The molecule has 0 N–H and O–H groups in total. The van der Waals surface area contributed by atoms with Crippen molar-refractivity contribution in [1.82, 2.24) is 0 Å². The summed E-state index contributed by atoms with van der Waals surface area (Å²) in [5.74, 6) is 0. The van der Waals surface area contributed by atoms with Crippen molar-refractivity contribution in [2.24, 2.45) is 0 Å². The maximum absolute atomic E-state index is 2.45. The van der Waals surface area contributed by atoms with Crippen molar-refractivity contribution in [3.8, 4) is 10.4 Å². The third kappa shape index (κ3) is 3.88. The molecular formula is C22H32S. The van der Waals surface area contributed by atoms with Crippen LogP contribution >= 0.6 is 11.3 Å². The van der Waals surface area contributed by atoms with E-state index in [2.05, 4.69) is 92.0 Å². The van der Waals surface area contributed by atoms with Crippen molar-refractivity contribution in [3.63, 3.8) is 0 Å². The average Bonchev–Trinajstić information content (AvgIpc) is 2.87. The highest BCUT2D eigenvalue weighted by Crippen LogP contribution is 2.44. The second kappa shape index (κ2) is 5.77. The van der Waals surface area contributed by atoms with Crippen molar-refractivity contribution >= 4 is 11.3 Å². The zero-order valence-corrected chi connectivity index (χ0v) is 17.1. The molecule has 1 heteroatoms. The third-order valence-corrected chi connectivity index (χ3v) is 5.28. The van der Waals surface area contributed by atoms with Crippen LogP contribution in [-0.4, -0.2) is 0 Å². The first-order valence-electron chi connectivity index (χ1n) is 8.55. The minimum Gasteiger partial charge on any atom is -0.144 e. The Labute approximate surface area is 147 Å². The lowest BCUT2D eigenvalue weighted by molar-refractivity contribution is 0.551. The van der Waals surface area contributed by atoms with Crippen LogP contribution in [0.4, 0.5) is 0 Å². The van der Waals surface area contributed by atoms with E-state index in [1.165, 1.54) is 27.1 Å². The fourth-order valence-corrected chi connectivity index (χ4v) is 3.74. The van der Waals surface area contributed by atoms with E-state index in [0.29, 0.717) is 0 Å². The zero-order chi connectivity index (χ0) is 17.6. The van der Waals surface area contributed by atoms with E-state index in [1.54, 1.807) is 0 Å². The molecule has 0 bridgehead atoms. The van der Waals surface area contributed by atoms with E-state index < -0.39 is 0 Å². The minimum atomic E-state index is 0.126. The van der Waals surface area contributed by atoms with Gasteiger partial charge in [0.25, 0.3) is 0 Å². The molecule has 23 heavy (non-hydrogen) atoms. The molecule has 2 rings (SSSR count). The van der Waals surface area contributed by atoms with Gasteiger partial charge in [-0.25, -0.2) is 0 Å². The maximum atomic E-state index is 2.45. The summed E-state index contributed by atoms with van der Waals surface area (Å²) in [6.07, 6.45) is 0. The van der Waals surface area contributed by atoms with Crippen LogP contribution in [0.3, 0.4) is 0 Å². The SMILES string of the molecule is CC(C)(C)c1cc(C(C)(C)C)c(-c2cccs2)c(C(C)(C)C)c1. The molecule has 1 aromatic heterocycles. The Hall–Kier alpha value is -1.08. The van der Waals surface area contributed by atoms with E-state index in [0.717, 1.165) is 0 Å². The van der Waals surface area contributed by atoms with Crippen LogP contribution in [0.2, 0.25) is 0 Å². The second-order valence-corrected chi connectivity index (χ2v) is 10.6. The van der Waals surface area contributed by atoms with Gasteiger partial charge in [-0.15, -0.1) is 11.3 Å². The molecule has 1 heterocycles. The Balaban J connectivity index is 2.92. The highest BCUT2D eigenvalue weighted by Gasteiger charge is 2.29. The predicted molar refractivity (Wildman–Crippen MR) is 106 cm³/mol. The van der Waals surface area contributed by atoms with Crippen LogP contribution in [0.15, 0.2) is 29.6 Å². The van der Waals surface area contributed by atoms with E-state index in [4.69, 9.17) is 0 Å². The minimum absolute atomic E-state index is 0.126. The van der Waals surface area contributed by atoms with Gasteiger partial charge in [-0.1, -0.05) is 80.5 Å². The van der Waals surface area contributed by atoms with Gasteiger partial charge >= 0.3 is 0 Å². The normalized spacial score (nSPS) is 13.4. The molecule has 0 aliphatic carbocycles. The summed E-state index contributed by atoms with van der Waals surface area (Å²) in [5, 5.41) is 2.19. The quantitative estimate of drug-likeness (QED) is 0.515. The Morgan fingerprint density at radius 3 is 1.48 bits per heavy atom.